The lowest BCUT2D eigenvalue weighted by Crippen LogP contribution is -2.51. The Morgan fingerprint density at radius 3 is 2.81 bits per heavy atom. The Kier molecular flexibility index (Phi) is 6.14. The van der Waals surface area contributed by atoms with Gasteiger partial charge in [0.1, 0.15) is 11.5 Å². The van der Waals surface area contributed by atoms with E-state index < -0.39 is 6.23 Å². The summed E-state index contributed by atoms with van der Waals surface area (Å²) in [7, 11) is 1.55. The molecule has 0 saturated carbocycles. The van der Waals surface area contributed by atoms with Gasteiger partial charge in [-0.05, 0) is 30.3 Å². The van der Waals surface area contributed by atoms with Gasteiger partial charge in [-0.25, -0.2) is 4.79 Å². The smallest absolute Gasteiger partial charge is 0.320 e. The van der Waals surface area contributed by atoms with Crippen LogP contribution in [-0.4, -0.2) is 49.2 Å². The normalized spacial score (nSPS) is 15.2. The number of methoxy groups -OCH3 is 1. The number of urea groups is 1. The van der Waals surface area contributed by atoms with Crippen molar-refractivity contribution in [2.45, 2.75) is 6.23 Å². The number of rotatable bonds is 5. The van der Waals surface area contributed by atoms with Crippen LogP contribution in [0, 0.1) is 0 Å². The molecule has 7 nitrogen and oxygen atoms in total. The largest absolute Gasteiger partial charge is 0.495 e. The summed E-state index contributed by atoms with van der Waals surface area (Å²) in [5, 5.41) is 6.59. The maximum atomic E-state index is 12.6. The highest BCUT2D eigenvalue weighted by Gasteiger charge is 2.22. The lowest BCUT2D eigenvalue weighted by Gasteiger charge is -2.30. The average Bonchev–Trinajstić information content (AvgIpc) is 2.69. The minimum atomic E-state index is -0.704. The molecule has 1 aliphatic heterocycles. The highest BCUT2D eigenvalue weighted by Crippen LogP contribution is 2.29. The van der Waals surface area contributed by atoms with Gasteiger partial charge < -0.3 is 19.7 Å². The molecule has 0 bridgehead atoms. The van der Waals surface area contributed by atoms with Crippen LogP contribution in [0.15, 0.2) is 42.7 Å². The summed E-state index contributed by atoms with van der Waals surface area (Å²) in [5.74, 6) is 1.11. The predicted octanol–water partition coefficient (Wildman–Crippen LogP) is 2.44. The SMILES string of the molecule is COc1ccc(C(NC(=O)N2CCNCC2)Oc2cccnc2)cc1Cl. The third kappa shape index (κ3) is 4.56. The zero-order chi connectivity index (χ0) is 18.4. The molecule has 0 spiro atoms. The number of amides is 2. The topological polar surface area (TPSA) is 75.7 Å². The summed E-state index contributed by atoms with van der Waals surface area (Å²) < 4.78 is 11.1. The van der Waals surface area contributed by atoms with E-state index in [0.29, 0.717) is 35.2 Å². The van der Waals surface area contributed by atoms with Crippen molar-refractivity contribution in [3.8, 4) is 11.5 Å². The van der Waals surface area contributed by atoms with Crippen LogP contribution in [0.4, 0.5) is 4.79 Å². The molecule has 1 fully saturated rings. The highest BCUT2D eigenvalue weighted by atomic mass is 35.5. The Morgan fingerprint density at radius 1 is 1.35 bits per heavy atom. The molecular weight excluding hydrogens is 356 g/mol. The molecular formula is C18H21ClN4O3. The maximum Gasteiger partial charge on any atom is 0.320 e. The van der Waals surface area contributed by atoms with Crippen LogP contribution in [-0.2, 0) is 0 Å². The maximum absolute atomic E-state index is 12.6. The van der Waals surface area contributed by atoms with E-state index in [-0.39, 0.29) is 6.03 Å². The number of hydrogen-bond donors (Lipinski definition) is 2. The molecule has 2 aromatic rings. The van der Waals surface area contributed by atoms with E-state index in [1.807, 2.05) is 6.07 Å². The third-order valence-corrected chi connectivity index (χ3v) is 4.32. The molecule has 1 aliphatic rings. The minimum Gasteiger partial charge on any atom is -0.495 e. The van der Waals surface area contributed by atoms with E-state index in [1.54, 1.807) is 48.7 Å². The number of nitrogens with one attached hydrogen (secondary N) is 2. The number of pyridine rings is 1. The van der Waals surface area contributed by atoms with Crippen molar-refractivity contribution in [1.29, 1.82) is 0 Å². The molecule has 0 radical (unpaired) electrons. The summed E-state index contributed by atoms with van der Waals surface area (Å²) in [5.41, 5.74) is 0.711. The zero-order valence-electron chi connectivity index (χ0n) is 14.4. The Bertz CT molecular complexity index is 738. The number of aromatic nitrogens is 1. The van der Waals surface area contributed by atoms with Gasteiger partial charge in [-0.15, -0.1) is 0 Å². The van der Waals surface area contributed by atoms with E-state index in [2.05, 4.69) is 15.6 Å². The van der Waals surface area contributed by atoms with Crippen molar-refractivity contribution >= 4 is 17.6 Å². The van der Waals surface area contributed by atoms with Crippen LogP contribution in [0.5, 0.6) is 11.5 Å². The Balaban J connectivity index is 1.81. The molecule has 138 valence electrons. The van der Waals surface area contributed by atoms with Crippen LogP contribution in [0.2, 0.25) is 5.02 Å². The first kappa shape index (κ1) is 18.3. The fourth-order valence-electron chi connectivity index (χ4n) is 2.65. The lowest BCUT2D eigenvalue weighted by atomic mass is 10.2. The first-order chi connectivity index (χ1) is 12.7. The molecule has 1 aromatic carbocycles. The van der Waals surface area contributed by atoms with Gasteiger partial charge in [-0.1, -0.05) is 11.6 Å². The molecule has 1 unspecified atom stereocenters. The van der Waals surface area contributed by atoms with Crippen LogP contribution < -0.4 is 20.1 Å². The second-order valence-electron chi connectivity index (χ2n) is 5.77. The van der Waals surface area contributed by atoms with Crippen molar-refractivity contribution in [3.63, 3.8) is 0 Å². The van der Waals surface area contributed by atoms with Crippen molar-refractivity contribution in [2.24, 2.45) is 0 Å². The first-order valence-electron chi connectivity index (χ1n) is 8.33. The lowest BCUT2D eigenvalue weighted by molar-refractivity contribution is 0.139. The summed E-state index contributed by atoms with van der Waals surface area (Å²) in [6.07, 6.45) is 2.55. The van der Waals surface area contributed by atoms with Crippen LogP contribution in [0.1, 0.15) is 11.8 Å². The zero-order valence-corrected chi connectivity index (χ0v) is 15.2. The standard InChI is InChI=1S/C18H21ClN4O3/c1-25-16-5-4-13(11-15(16)19)17(26-14-3-2-6-21-12-14)22-18(24)23-9-7-20-8-10-23/h2-6,11-12,17,20H,7-10H2,1H3,(H,22,24). The summed E-state index contributed by atoms with van der Waals surface area (Å²) in [6, 6.07) is 8.64. The fraction of sp³-hybridized carbons (Fsp3) is 0.333. The van der Waals surface area contributed by atoms with E-state index in [9.17, 15) is 4.79 Å². The molecule has 2 heterocycles. The molecule has 3 rings (SSSR count). The van der Waals surface area contributed by atoms with Gasteiger partial charge in [-0.2, -0.15) is 0 Å². The number of carbonyl (C=O) groups is 1. The first-order valence-corrected chi connectivity index (χ1v) is 8.71. The number of nitrogens with zero attached hydrogens (tertiary/aromatic N) is 2. The number of benzene rings is 1. The van der Waals surface area contributed by atoms with Crippen LogP contribution >= 0.6 is 11.6 Å². The number of carbonyl (C=O) groups excluding carboxylic acids is 1. The molecule has 26 heavy (non-hydrogen) atoms. The van der Waals surface area contributed by atoms with Gasteiger partial charge in [0, 0.05) is 37.9 Å². The van der Waals surface area contributed by atoms with Gasteiger partial charge in [0.05, 0.1) is 18.3 Å². The molecule has 0 aliphatic carbocycles. The van der Waals surface area contributed by atoms with Crippen molar-refractivity contribution in [3.05, 3.63) is 53.3 Å². The fourth-order valence-corrected chi connectivity index (χ4v) is 2.92. The average molecular weight is 377 g/mol. The van der Waals surface area contributed by atoms with Gasteiger partial charge in [0.25, 0.3) is 0 Å². The number of halogens is 1. The Morgan fingerprint density at radius 2 is 2.15 bits per heavy atom. The molecule has 1 saturated heterocycles. The number of piperazine rings is 1. The molecule has 8 heteroatoms. The third-order valence-electron chi connectivity index (χ3n) is 4.03. The van der Waals surface area contributed by atoms with E-state index in [4.69, 9.17) is 21.1 Å². The summed E-state index contributed by atoms with van der Waals surface area (Å²) in [4.78, 5) is 18.4. The summed E-state index contributed by atoms with van der Waals surface area (Å²) >= 11 is 6.24. The number of ether oxygens (including phenoxy) is 2. The number of hydrogen-bond acceptors (Lipinski definition) is 5. The Labute approximate surface area is 157 Å². The van der Waals surface area contributed by atoms with Gasteiger partial charge in [0.2, 0.25) is 0 Å². The van der Waals surface area contributed by atoms with E-state index in [0.717, 1.165) is 13.1 Å². The second-order valence-corrected chi connectivity index (χ2v) is 6.17. The van der Waals surface area contributed by atoms with Crippen LogP contribution in [0.25, 0.3) is 0 Å². The van der Waals surface area contributed by atoms with Crippen LogP contribution in [0.3, 0.4) is 0 Å². The van der Waals surface area contributed by atoms with Crippen molar-refractivity contribution < 1.29 is 14.3 Å². The Hall–Kier alpha value is -2.51. The quantitative estimate of drug-likeness (QED) is 0.784. The van der Waals surface area contributed by atoms with Gasteiger partial charge >= 0.3 is 6.03 Å². The molecule has 1 atom stereocenters. The molecule has 2 N–H and O–H groups in total. The highest BCUT2D eigenvalue weighted by molar-refractivity contribution is 6.32. The molecule has 1 aromatic heterocycles. The van der Waals surface area contributed by atoms with Gasteiger partial charge in [-0.3, -0.25) is 10.3 Å². The minimum absolute atomic E-state index is 0.188. The van der Waals surface area contributed by atoms with E-state index in [1.165, 1.54) is 0 Å². The monoisotopic (exact) mass is 376 g/mol. The van der Waals surface area contributed by atoms with Crippen molar-refractivity contribution in [1.82, 2.24) is 20.5 Å². The second kappa shape index (κ2) is 8.73. The summed E-state index contributed by atoms with van der Waals surface area (Å²) in [6.45, 7) is 2.84. The van der Waals surface area contributed by atoms with E-state index >= 15 is 0 Å². The van der Waals surface area contributed by atoms with Gasteiger partial charge in [0.15, 0.2) is 6.23 Å². The predicted molar refractivity (Wildman–Crippen MR) is 98.6 cm³/mol. The van der Waals surface area contributed by atoms with Crippen molar-refractivity contribution in [2.75, 3.05) is 33.3 Å². The molecule has 2 amide bonds.